The van der Waals surface area contributed by atoms with Gasteiger partial charge >= 0.3 is 6.09 Å². The first-order valence-electron chi connectivity index (χ1n) is 10.1. The molecule has 0 saturated heterocycles. The summed E-state index contributed by atoms with van der Waals surface area (Å²) in [7, 11) is 1.62. The molecule has 0 unspecified atom stereocenters. The van der Waals surface area contributed by atoms with Gasteiger partial charge in [-0.3, -0.25) is 4.79 Å². The van der Waals surface area contributed by atoms with Crippen LogP contribution < -0.4 is 10.6 Å². The van der Waals surface area contributed by atoms with E-state index in [-0.39, 0.29) is 24.7 Å². The average Bonchev–Trinajstić information content (AvgIpc) is 3.32. The third-order valence-electron chi connectivity index (χ3n) is 5.16. The number of ether oxygens (including phenoxy) is 1. The summed E-state index contributed by atoms with van der Waals surface area (Å²) < 4.78 is 19.5. The minimum Gasteiger partial charge on any atom is -0.465 e. The lowest BCUT2D eigenvalue weighted by Gasteiger charge is -2.24. The Balaban J connectivity index is 1.63. The van der Waals surface area contributed by atoms with Crippen molar-refractivity contribution in [1.82, 2.24) is 15.2 Å². The summed E-state index contributed by atoms with van der Waals surface area (Å²) in [5.74, 6) is -0.495. The van der Waals surface area contributed by atoms with E-state index >= 15 is 0 Å². The fraction of sp³-hybridized carbons (Fsp3) is 0.381. The van der Waals surface area contributed by atoms with Gasteiger partial charge < -0.3 is 25.4 Å². The molecule has 0 bridgehead atoms. The molecule has 0 atom stereocenters. The van der Waals surface area contributed by atoms with Crippen molar-refractivity contribution >= 4 is 49.9 Å². The minimum absolute atomic E-state index is 0.142. The maximum Gasteiger partial charge on any atom is 0.407 e. The molecule has 32 heavy (non-hydrogen) atoms. The molecule has 1 aliphatic rings. The monoisotopic (exact) mass is 478 g/mol. The van der Waals surface area contributed by atoms with Crippen LogP contribution in [0, 0.1) is 5.82 Å². The Hall–Kier alpha value is -2.60. The van der Waals surface area contributed by atoms with E-state index in [1.54, 1.807) is 13.2 Å². The van der Waals surface area contributed by atoms with Gasteiger partial charge in [-0.05, 0) is 24.1 Å². The number of hydrogen-bond acceptors (Lipinski definition) is 7. The molecule has 0 spiro atoms. The van der Waals surface area contributed by atoms with Gasteiger partial charge in [0.2, 0.25) is 5.91 Å². The van der Waals surface area contributed by atoms with Gasteiger partial charge in [0.1, 0.15) is 15.8 Å². The van der Waals surface area contributed by atoms with Crippen molar-refractivity contribution in [1.29, 1.82) is 0 Å². The normalized spacial score (nSPS) is 13.4. The number of nitrogens with zero attached hydrogens (tertiary/aromatic N) is 2. The van der Waals surface area contributed by atoms with Crippen LogP contribution in [0.1, 0.15) is 16.9 Å². The van der Waals surface area contributed by atoms with Crippen molar-refractivity contribution in [2.45, 2.75) is 19.4 Å². The second-order valence-electron chi connectivity index (χ2n) is 7.33. The van der Waals surface area contributed by atoms with Gasteiger partial charge in [0.05, 0.1) is 23.4 Å². The van der Waals surface area contributed by atoms with E-state index in [4.69, 9.17) is 4.74 Å². The summed E-state index contributed by atoms with van der Waals surface area (Å²) in [5, 5.41) is 16.9. The third-order valence-corrected chi connectivity index (χ3v) is 7.34. The second kappa shape index (κ2) is 9.90. The second-order valence-corrected chi connectivity index (χ2v) is 9.47. The molecular weight excluding hydrogens is 455 g/mol. The number of amides is 2. The van der Waals surface area contributed by atoms with Crippen LogP contribution in [0.2, 0.25) is 0 Å². The molecule has 2 amide bonds. The summed E-state index contributed by atoms with van der Waals surface area (Å²) in [6.07, 6.45) is -0.140. The van der Waals surface area contributed by atoms with Crippen molar-refractivity contribution in [3.05, 3.63) is 34.5 Å². The predicted molar refractivity (Wildman–Crippen MR) is 123 cm³/mol. The topological polar surface area (TPSA) is 104 Å². The Morgan fingerprint density at radius 2 is 2.16 bits per heavy atom. The molecule has 3 N–H and O–H groups in total. The summed E-state index contributed by atoms with van der Waals surface area (Å²) in [6.45, 7) is 2.40. The van der Waals surface area contributed by atoms with E-state index in [0.717, 1.165) is 20.7 Å². The molecule has 0 saturated carbocycles. The summed E-state index contributed by atoms with van der Waals surface area (Å²) in [6, 6.07) is 4.49. The number of hydrogen-bond donors (Lipinski definition) is 3. The Labute approximate surface area is 192 Å². The van der Waals surface area contributed by atoms with Gasteiger partial charge in [-0.25, -0.2) is 14.2 Å². The van der Waals surface area contributed by atoms with Crippen LogP contribution in [0.15, 0.2) is 18.2 Å². The SMILES string of the molecule is COCCNCCC(=O)Nc1sc2c(c1-c1nc3cc(F)ccc3s1)CCN(C(=O)O)C2. The van der Waals surface area contributed by atoms with Gasteiger partial charge in [0.25, 0.3) is 0 Å². The van der Waals surface area contributed by atoms with Gasteiger partial charge in [-0.15, -0.1) is 22.7 Å². The van der Waals surface area contributed by atoms with Gasteiger partial charge in [0, 0.05) is 49.7 Å². The number of carboxylic acid groups (broad SMARTS) is 1. The zero-order valence-corrected chi connectivity index (χ0v) is 19.1. The molecule has 2 aromatic heterocycles. The lowest BCUT2D eigenvalue weighted by atomic mass is 10.0. The van der Waals surface area contributed by atoms with Crippen molar-refractivity contribution in [2.24, 2.45) is 0 Å². The molecule has 0 radical (unpaired) electrons. The number of nitrogens with one attached hydrogen (secondary N) is 2. The number of rotatable bonds is 8. The van der Waals surface area contributed by atoms with Crippen molar-refractivity contribution in [3.63, 3.8) is 0 Å². The summed E-state index contributed by atoms with van der Waals surface area (Å²) in [5.41, 5.74) is 2.38. The number of carbonyl (C=O) groups is 2. The highest BCUT2D eigenvalue weighted by Gasteiger charge is 2.29. The average molecular weight is 479 g/mol. The Bertz CT molecular complexity index is 1150. The van der Waals surface area contributed by atoms with Crippen LogP contribution in [-0.4, -0.2) is 60.3 Å². The van der Waals surface area contributed by atoms with Crippen molar-refractivity contribution in [2.75, 3.05) is 38.7 Å². The number of aromatic nitrogens is 1. The zero-order chi connectivity index (χ0) is 22.7. The number of thiophene rings is 1. The maximum absolute atomic E-state index is 13.7. The van der Waals surface area contributed by atoms with Crippen LogP contribution in [0.25, 0.3) is 20.8 Å². The number of fused-ring (bicyclic) bond motifs is 2. The van der Waals surface area contributed by atoms with Crippen molar-refractivity contribution in [3.8, 4) is 10.6 Å². The summed E-state index contributed by atoms with van der Waals surface area (Å²) >= 11 is 2.82. The third kappa shape index (κ3) is 4.90. The molecule has 11 heteroatoms. The van der Waals surface area contributed by atoms with Crippen LogP contribution in [0.4, 0.5) is 14.2 Å². The fourth-order valence-corrected chi connectivity index (χ4v) is 5.95. The molecular formula is C21H23FN4O4S2. The standard InChI is InChI=1S/C21H23FN4O4S2/c1-30-9-7-23-6-4-17(27)25-20-18(13-5-8-26(21(28)29)11-16(13)32-20)19-24-14-10-12(22)2-3-15(14)31-19/h2-3,10,23H,4-9,11H2,1H3,(H,25,27)(H,28,29). The van der Waals surface area contributed by atoms with E-state index in [9.17, 15) is 19.1 Å². The minimum atomic E-state index is -0.964. The van der Waals surface area contributed by atoms with Gasteiger partial charge in [-0.2, -0.15) is 0 Å². The molecule has 4 rings (SSSR count). The highest BCUT2D eigenvalue weighted by Crippen LogP contribution is 2.45. The van der Waals surface area contributed by atoms with Crippen LogP contribution in [0.3, 0.4) is 0 Å². The van der Waals surface area contributed by atoms with Crippen LogP contribution >= 0.6 is 22.7 Å². The first kappa shape index (κ1) is 22.6. The maximum atomic E-state index is 13.7. The van der Waals surface area contributed by atoms with E-state index in [1.807, 2.05) is 0 Å². The van der Waals surface area contributed by atoms with E-state index in [2.05, 4.69) is 15.6 Å². The number of anilines is 1. The van der Waals surface area contributed by atoms with E-state index < -0.39 is 6.09 Å². The highest BCUT2D eigenvalue weighted by molar-refractivity contribution is 7.22. The Kier molecular flexibility index (Phi) is 6.99. The van der Waals surface area contributed by atoms with Gasteiger partial charge in [0.15, 0.2) is 0 Å². The van der Waals surface area contributed by atoms with Crippen LogP contribution in [0.5, 0.6) is 0 Å². The quantitative estimate of drug-likeness (QED) is 0.426. The lowest BCUT2D eigenvalue weighted by Crippen LogP contribution is -2.34. The molecule has 170 valence electrons. The number of benzene rings is 1. The fourth-order valence-electron chi connectivity index (χ4n) is 3.58. The Morgan fingerprint density at radius 3 is 2.94 bits per heavy atom. The molecule has 0 fully saturated rings. The molecule has 8 nitrogen and oxygen atoms in total. The number of methoxy groups -OCH3 is 1. The smallest absolute Gasteiger partial charge is 0.407 e. The first-order chi connectivity index (χ1) is 15.5. The number of carbonyl (C=O) groups excluding carboxylic acids is 1. The first-order valence-corrected chi connectivity index (χ1v) is 11.8. The number of halogens is 1. The lowest BCUT2D eigenvalue weighted by molar-refractivity contribution is -0.116. The van der Waals surface area contributed by atoms with E-state index in [1.165, 1.54) is 39.7 Å². The Morgan fingerprint density at radius 1 is 1.31 bits per heavy atom. The van der Waals surface area contributed by atoms with E-state index in [0.29, 0.717) is 48.2 Å². The van der Waals surface area contributed by atoms with Crippen molar-refractivity contribution < 1.29 is 23.8 Å². The summed E-state index contributed by atoms with van der Waals surface area (Å²) in [4.78, 5) is 30.9. The zero-order valence-electron chi connectivity index (χ0n) is 17.4. The molecule has 3 heterocycles. The van der Waals surface area contributed by atoms with Crippen LogP contribution in [-0.2, 0) is 22.5 Å². The molecule has 1 aromatic carbocycles. The molecule has 3 aromatic rings. The number of thiazole rings is 1. The van der Waals surface area contributed by atoms with Gasteiger partial charge in [-0.1, -0.05) is 0 Å². The molecule has 1 aliphatic heterocycles. The predicted octanol–water partition coefficient (Wildman–Crippen LogP) is 3.76. The largest absolute Gasteiger partial charge is 0.465 e. The molecule has 0 aliphatic carbocycles. The highest BCUT2D eigenvalue weighted by atomic mass is 32.1.